The van der Waals surface area contributed by atoms with Gasteiger partial charge in [-0.1, -0.05) is 12.1 Å². The second-order valence-electron chi connectivity index (χ2n) is 5.13. The minimum atomic E-state index is -0.701. The van der Waals surface area contributed by atoms with Gasteiger partial charge < -0.3 is 9.47 Å². The quantitative estimate of drug-likeness (QED) is 0.794. The van der Waals surface area contributed by atoms with E-state index in [0.29, 0.717) is 16.6 Å². The molecule has 120 valence electrons. The number of hydrogen-bond donors (Lipinski definition) is 1. The first-order chi connectivity index (χ1) is 11.8. The number of para-hydroxylation sites is 2. The number of amides is 1. The van der Waals surface area contributed by atoms with Crippen molar-refractivity contribution in [2.75, 3.05) is 11.9 Å². The van der Waals surface area contributed by atoms with Crippen LogP contribution in [0.3, 0.4) is 0 Å². The number of nitrogens with zero attached hydrogens (tertiary/aromatic N) is 2. The fourth-order valence-corrected chi connectivity index (χ4v) is 3.04. The van der Waals surface area contributed by atoms with Crippen molar-refractivity contribution in [3.8, 4) is 22.8 Å². The largest absolute Gasteiger partial charge is 0.485 e. The topological polar surface area (TPSA) is 73.3 Å². The standard InChI is InChI=1S/C17H13N3O3S/c21-16(15-9-22-13-3-1-2-4-14(13)23-15)20-17-19-12(10-24-17)11-5-7-18-8-6-11/h1-8,10,15H,9H2,(H,19,20,21)/t15-/m0/s1. The van der Waals surface area contributed by atoms with E-state index in [1.165, 1.54) is 11.3 Å². The van der Waals surface area contributed by atoms with Crippen molar-refractivity contribution in [2.45, 2.75) is 6.10 Å². The van der Waals surface area contributed by atoms with Gasteiger partial charge in [0.2, 0.25) is 6.10 Å². The summed E-state index contributed by atoms with van der Waals surface area (Å²) in [5.74, 6) is 0.941. The average molecular weight is 339 g/mol. The molecule has 3 heterocycles. The first kappa shape index (κ1) is 14.6. The van der Waals surface area contributed by atoms with Crippen LogP contribution in [-0.4, -0.2) is 28.6 Å². The molecule has 0 saturated carbocycles. The number of hydrogen-bond acceptors (Lipinski definition) is 6. The third-order valence-corrected chi connectivity index (χ3v) is 4.27. The lowest BCUT2D eigenvalue weighted by Gasteiger charge is -2.25. The lowest BCUT2D eigenvalue weighted by Crippen LogP contribution is -2.40. The maximum atomic E-state index is 12.4. The molecule has 1 amide bonds. The summed E-state index contributed by atoms with van der Waals surface area (Å²) in [6, 6.07) is 11.0. The normalized spacial score (nSPS) is 15.8. The Labute approximate surface area is 142 Å². The number of carbonyl (C=O) groups is 1. The number of ether oxygens (including phenoxy) is 2. The van der Waals surface area contributed by atoms with Gasteiger partial charge in [0, 0.05) is 23.3 Å². The van der Waals surface area contributed by atoms with Gasteiger partial charge in [-0.05, 0) is 24.3 Å². The summed E-state index contributed by atoms with van der Waals surface area (Å²) < 4.78 is 11.2. The first-order valence-electron chi connectivity index (χ1n) is 7.35. The maximum Gasteiger partial charge on any atom is 0.270 e. The third-order valence-electron chi connectivity index (χ3n) is 3.51. The number of fused-ring (bicyclic) bond motifs is 1. The highest BCUT2D eigenvalue weighted by Gasteiger charge is 2.27. The monoisotopic (exact) mass is 339 g/mol. The Balaban J connectivity index is 1.45. The van der Waals surface area contributed by atoms with E-state index in [4.69, 9.17) is 9.47 Å². The van der Waals surface area contributed by atoms with Gasteiger partial charge in [0.1, 0.15) is 6.61 Å². The molecule has 6 nitrogen and oxygen atoms in total. The van der Waals surface area contributed by atoms with E-state index in [9.17, 15) is 4.79 Å². The van der Waals surface area contributed by atoms with Crippen molar-refractivity contribution in [1.29, 1.82) is 0 Å². The molecule has 0 spiro atoms. The molecule has 2 aromatic heterocycles. The highest BCUT2D eigenvalue weighted by Crippen LogP contribution is 2.31. The van der Waals surface area contributed by atoms with Gasteiger partial charge in [-0.3, -0.25) is 15.1 Å². The number of anilines is 1. The molecule has 1 N–H and O–H groups in total. The summed E-state index contributed by atoms with van der Waals surface area (Å²) in [6.45, 7) is 0.172. The highest BCUT2D eigenvalue weighted by atomic mass is 32.1. The van der Waals surface area contributed by atoms with Crippen LogP contribution in [0.2, 0.25) is 0 Å². The molecular weight excluding hydrogens is 326 g/mol. The van der Waals surface area contributed by atoms with Crippen LogP contribution in [0.25, 0.3) is 11.3 Å². The molecule has 1 aliphatic rings. The van der Waals surface area contributed by atoms with Crippen LogP contribution in [0.15, 0.2) is 54.2 Å². The fraction of sp³-hybridized carbons (Fsp3) is 0.118. The Morgan fingerprint density at radius 3 is 2.79 bits per heavy atom. The Morgan fingerprint density at radius 1 is 1.17 bits per heavy atom. The summed E-state index contributed by atoms with van der Waals surface area (Å²) in [5.41, 5.74) is 1.75. The second kappa shape index (κ2) is 6.29. The fourth-order valence-electron chi connectivity index (χ4n) is 2.32. The van der Waals surface area contributed by atoms with Gasteiger partial charge in [0.05, 0.1) is 5.69 Å². The van der Waals surface area contributed by atoms with Crippen molar-refractivity contribution in [2.24, 2.45) is 0 Å². The molecule has 3 aromatic rings. The Kier molecular flexibility index (Phi) is 3.84. The van der Waals surface area contributed by atoms with E-state index < -0.39 is 6.10 Å². The summed E-state index contributed by atoms with van der Waals surface area (Å²) in [4.78, 5) is 20.8. The number of pyridine rings is 1. The lowest BCUT2D eigenvalue weighted by atomic mass is 10.2. The Hall–Kier alpha value is -2.93. The van der Waals surface area contributed by atoms with Crippen LogP contribution in [0.4, 0.5) is 5.13 Å². The Bertz CT molecular complexity index is 866. The van der Waals surface area contributed by atoms with Crippen molar-refractivity contribution in [3.63, 3.8) is 0 Å². The van der Waals surface area contributed by atoms with Crippen molar-refractivity contribution in [1.82, 2.24) is 9.97 Å². The predicted molar refractivity (Wildman–Crippen MR) is 90.3 cm³/mol. The molecule has 0 unspecified atom stereocenters. The molecule has 0 radical (unpaired) electrons. The smallest absolute Gasteiger partial charge is 0.270 e. The summed E-state index contributed by atoms with van der Waals surface area (Å²) >= 11 is 1.36. The van der Waals surface area contributed by atoms with Crippen LogP contribution < -0.4 is 14.8 Å². The number of carbonyl (C=O) groups excluding carboxylic acids is 1. The molecule has 7 heteroatoms. The zero-order valence-electron chi connectivity index (χ0n) is 12.5. The van der Waals surface area contributed by atoms with Crippen molar-refractivity contribution in [3.05, 3.63) is 54.2 Å². The molecule has 1 atom stereocenters. The minimum Gasteiger partial charge on any atom is -0.485 e. The predicted octanol–water partition coefficient (Wildman–Crippen LogP) is 2.98. The molecule has 4 rings (SSSR count). The van der Waals surface area contributed by atoms with Crippen LogP contribution >= 0.6 is 11.3 Å². The highest BCUT2D eigenvalue weighted by molar-refractivity contribution is 7.14. The van der Waals surface area contributed by atoms with Crippen LogP contribution in [0.1, 0.15) is 0 Å². The Morgan fingerprint density at radius 2 is 1.96 bits per heavy atom. The van der Waals surface area contributed by atoms with Gasteiger partial charge >= 0.3 is 0 Å². The van der Waals surface area contributed by atoms with Gasteiger partial charge in [-0.2, -0.15) is 0 Å². The molecule has 0 saturated heterocycles. The zero-order chi connectivity index (χ0) is 16.4. The summed E-state index contributed by atoms with van der Waals surface area (Å²) in [7, 11) is 0. The molecule has 0 fully saturated rings. The average Bonchev–Trinajstić information content (AvgIpc) is 3.10. The first-order valence-corrected chi connectivity index (χ1v) is 8.23. The number of thiazole rings is 1. The molecular formula is C17H13N3O3S. The number of benzene rings is 1. The van der Waals surface area contributed by atoms with E-state index >= 15 is 0 Å². The maximum absolute atomic E-state index is 12.4. The van der Waals surface area contributed by atoms with Crippen molar-refractivity contribution >= 4 is 22.4 Å². The SMILES string of the molecule is O=C(Nc1nc(-c2ccncc2)cs1)[C@@H]1COc2ccccc2O1. The number of nitrogens with one attached hydrogen (secondary N) is 1. The molecule has 0 bridgehead atoms. The lowest BCUT2D eigenvalue weighted by molar-refractivity contribution is -0.125. The van der Waals surface area contributed by atoms with Crippen LogP contribution in [0, 0.1) is 0 Å². The number of aromatic nitrogens is 2. The third kappa shape index (κ3) is 2.93. The van der Waals surface area contributed by atoms with Gasteiger partial charge in [0.15, 0.2) is 16.6 Å². The van der Waals surface area contributed by atoms with Crippen molar-refractivity contribution < 1.29 is 14.3 Å². The van der Waals surface area contributed by atoms with E-state index in [1.54, 1.807) is 18.5 Å². The summed E-state index contributed by atoms with van der Waals surface area (Å²) in [6.07, 6.45) is 2.71. The van der Waals surface area contributed by atoms with E-state index in [-0.39, 0.29) is 12.5 Å². The van der Waals surface area contributed by atoms with Crippen LogP contribution in [-0.2, 0) is 4.79 Å². The van der Waals surface area contributed by atoms with E-state index in [0.717, 1.165) is 11.3 Å². The van der Waals surface area contributed by atoms with Gasteiger partial charge in [0.25, 0.3) is 5.91 Å². The minimum absolute atomic E-state index is 0.172. The van der Waals surface area contributed by atoms with Gasteiger partial charge in [-0.25, -0.2) is 4.98 Å². The van der Waals surface area contributed by atoms with Gasteiger partial charge in [-0.15, -0.1) is 11.3 Å². The molecule has 0 aliphatic carbocycles. The van der Waals surface area contributed by atoms with Crippen LogP contribution in [0.5, 0.6) is 11.5 Å². The molecule has 24 heavy (non-hydrogen) atoms. The summed E-state index contributed by atoms with van der Waals surface area (Å²) in [5, 5.41) is 5.19. The number of rotatable bonds is 3. The molecule has 1 aliphatic heterocycles. The molecule has 1 aromatic carbocycles. The second-order valence-corrected chi connectivity index (χ2v) is 5.99. The zero-order valence-corrected chi connectivity index (χ0v) is 13.3. The van der Waals surface area contributed by atoms with E-state index in [1.807, 2.05) is 35.7 Å². The van der Waals surface area contributed by atoms with E-state index in [2.05, 4.69) is 15.3 Å².